The van der Waals surface area contributed by atoms with E-state index in [-0.39, 0.29) is 0 Å². The molecular formula is C131H81N11. The van der Waals surface area contributed by atoms with Crippen molar-refractivity contribution in [2.24, 2.45) is 0 Å². The molecule has 6 heterocycles. The summed E-state index contributed by atoms with van der Waals surface area (Å²) in [5, 5.41) is 29.1. The van der Waals surface area contributed by atoms with E-state index in [1.165, 1.54) is 75.4 Å². The van der Waals surface area contributed by atoms with E-state index in [9.17, 15) is 0 Å². The third-order valence-corrected chi connectivity index (χ3v) is 27.4. The highest BCUT2D eigenvalue weighted by Crippen LogP contribution is 2.45. The highest BCUT2D eigenvalue weighted by molar-refractivity contribution is 6.18. The summed E-state index contributed by atoms with van der Waals surface area (Å²) >= 11 is 0. The van der Waals surface area contributed by atoms with Crippen LogP contribution in [-0.4, -0.2) is 54.8 Å². The molecule has 0 spiro atoms. The molecule has 0 bridgehead atoms. The lowest BCUT2D eigenvalue weighted by Gasteiger charge is -2.15. The number of benzene rings is 22. The molecule has 6 aromatic heterocycles. The van der Waals surface area contributed by atoms with Crippen LogP contribution in [0.25, 0.3) is 276 Å². The summed E-state index contributed by atoms with van der Waals surface area (Å²) < 4.78 is 0. The molecule has 0 radical (unpaired) electrons. The Morgan fingerprint density at radius 3 is 0.768 bits per heavy atom. The number of aromatic nitrogens is 11. The topological polar surface area (TPSA) is 142 Å². The van der Waals surface area contributed by atoms with Crippen molar-refractivity contribution in [2.45, 2.75) is 0 Å². The average molecular weight is 1810 g/mol. The van der Waals surface area contributed by atoms with Crippen molar-refractivity contribution in [3.05, 3.63) is 492 Å². The van der Waals surface area contributed by atoms with Crippen molar-refractivity contribution >= 4 is 140 Å². The van der Waals surface area contributed by atoms with E-state index < -0.39 is 0 Å². The largest absolute Gasteiger partial charge is 0.256 e. The number of hydrogen-bond donors (Lipinski definition) is 0. The number of pyridine rings is 3. The first-order valence-corrected chi connectivity index (χ1v) is 47.7. The molecule has 0 atom stereocenters. The second-order valence-electron chi connectivity index (χ2n) is 35.8. The third-order valence-electron chi connectivity index (χ3n) is 27.4. The van der Waals surface area contributed by atoms with E-state index in [0.717, 1.165) is 160 Å². The summed E-state index contributed by atoms with van der Waals surface area (Å²) in [5.74, 6) is 4.54. The van der Waals surface area contributed by atoms with Crippen molar-refractivity contribution in [1.29, 1.82) is 0 Å². The monoisotopic (exact) mass is 1810 g/mol. The number of para-hydroxylation sites is 1. The second kappa shape index (κ2) is 35.8. The number of hydrogen-bond acceptors (Lipinski definition) is 11. The number of rotatable bonds is 12. The lowest BCUT2D eigenvalue weighted by Crippen LogP contribution is -2.01. The molecule has 0 saturated carbocycles. The highest BCUT2D eigenvalue weighted by atomic mass is 15.0. The van der Waals surface area contributed by atoms with E-state index in [1.54, 1.807) is 0 Å². The molecule has 22 aromatic carbocycles. The standard InChI is InChI=1S/C47H29N3.C46H28N4.C38H24N4/c1-6-16-37-30(11-1)25-26-48-46(37)31-21-23-32(24-22-31)47-49-44(42-27-33-12-2-4-14-35(33)38-17-7-9-19-40(38)42)29-45(50-47)43-28-34-13-3-5-15-36(34)39-18-8-10-20-41(39)43;1-4-14-35-31(11-1)26-41(39-18-8-6-16-37(35)39)45-48-44(30-23-21-29(22-24-30)34-25-33-13-3-10-20-43(33)47-28-34)49-46(50-45)42-27-32-12-2-5-15-36(32)38-17-7-9-19-40(38)42;1-4-14-30-25(9-1)12-7-17-33(30)37-40-36(41-38(42-37)34-18-8-13-26-10-2-5-15-31(26)34)29-21-19-28(20-22-29)35-32-16-6-3-11-27(32)23-24-39-35/h1-29H;1-28H;1-24H. The summed E-state index contributed by atoms with van der Waals surface area (Å²) in [7, 11) is 0. The summed E-state index contributed by atoms with van der Waals surface area (Å²) in [5.41, 5.74) is 17.9. The van der Waals surface area contributed by atoms with Crippen molar-refractivity contribution < 1.29 is 0 Å². The maximum absolute atomic E-state index is 5.32. The minimum atomic E-state index is 0.627. The van der Waals surface area contributed by atoms with Crippen LogP contribution in [0.2, 0.25) is 0 Å². The van der Waals surface area contributed by atoms with Gasteiger partial charge < -0.3 is 0 Å². The molecule has 0 amide bonds. The lowest BCUT2D eigenvalue weighted by atomic mass is 9.93. The van der Waals surface area contributed by atoms with Gasteiger partial charge >= 0.3 is 0 Å². The van der Waals surface area contributed by atoms with Crippen molar-refractivity contribution in [3.63, 3.8) is 0 Å². The Bertz CT molecular complexity index is 9500. The molecule has 0 N–H and O–H groups in total. The molecular weight excluding hydrogens is 1730 g/mol. The first kappa shape index (κ1) is 83.4. The average Bonchev–Trinajstić information content (AvgIpc) is 0.747. The van der Waals surface area contributed by atoms with Crippen molar-refractivity contribution in [2.75, 3.05) is 0 Å². The van der Waals surface area contributed by atoms with Gasteiger partial charge in [-0.3, -0.25) is 15.0 Å². The molecule has 11 nitrogen and oxygen atoms in total. The fourth-order valence-electron chi connectivity index (χ4n) is 20.5. The third kappa shape index (κ3) is 15.5. The molecule has 0 aliphatic rings. The zero-order valence-corrected chi connectivity index (χ0v) is 76.7. The van der Waals surface area contributed by atoms with Gasteiger partial charge in [0.25, 0.3) is 0 Å². The van der Waals surface area contributed by atoms with E-state index >= 15 is 0 Å². The predicted octanol–water partition coefficient (Wildman–Crippen LogP) is 33.4. The van der Waals surface area contributed by atoms with Crippen LogP contribution in [-0.2, 0) is 0 Å². The fraction of sp³-hybridized carbons (Fsp3) is 0. The fourth-order valence-corrected chi connectivity index (χ4v) is 20.5. The SMILES string of the molecule is c1ccc2c(-c3ccc(-c4nc(-c5cc6ccccc6c6ccccc56)cc(-c5cc6ccccc6c6ccccc56)n4)cc3)nccc2c1.c1ccc2c(-c3nc(-c4ccc(-c5nccc6ccccc56)cc4)nc(-c4cccc5ccccc45)n3)cccc2c1.c1ccc2ncc(-c3ccc(-c4nc(-c5cc6ccccc6c6ccccc56)nc(-c5cc6ccccc6c6ccccc56)n4)cc3)cc2c1. The lowest BCUT2D eigenvalue weighted by molar-refractivity contribution is 1.08. The van der Waals surface area contributed by atoms with E-state index in [0.29, 0.717) is 40.8 Å². The number of nitrogens with zero attached hydrogens (tertiary/aromatic N) is 11. The molecule has 142 heavy (non-hydrogen) atoms. The van der Waals surface area contributed by atoms with E-state index in [2.05, 4.69) is 454 Å². The van der Waals surface area contributed by atoms with Crippen LogP contribution >= 0.6 is 0 Å². The zero-order chi connectivity index (χ0) is 93.9. The van der Waals surface area contributed by atoms with Crippen molar-refractivity contribution in [1.82, 2.24) is 54.8 Å². The molecule has 0 saturated heterocycles. The molecule has 660 valence electrons. The van der Waals surface area contributed by atoms with E-state index in [1.807, 2.05) is 42.9 Å². The first-order valence-electron chi connectivity index (χ1n) is 47.7. The maximum Gasteiger partial charge on any atom is 0.164 e. The van der Waals surface area contributed by atoms with Gasteiger partial charge in [0.2, 0.25) is 0 Å². The minimum absolute atomic E-state index is 0.627. The van der Waals surface area contributed by atoms with Gasteiger partial charge in [-0.1, -0.05) is 419 Å². The predicted molar refractivity (Wildman–Crippen MR) is 588 cm³/mol. The van der Waals surface area contributed by atoms with Gasteiger partial charge in [-0.15, -0.1) is 0 Å². The summed E-state index contributed by atoms with van der Waals surface area (Å²) in [6, 6.07) is 165. The van der Waals surface area contributed by atoms with Crippen LogP contribution in [0.15, 0.2) is 492 Å². The van der Waals surface area contributed by atoms with Gasteiger partial charge in [0.05, 0.1) is 28.3 Å². The molecule has 0 fully saturated rings. The molecule has 28 aromatic rings. The Hall–Kier alpha value is -19.2. The quantitative estimate of drug-likeness (QED) is 0.108. The maximum atomic E-state index is 5.32. The summed E-state index contributed by atoms with van der Waals surface area (Å²) in [6.45, 7) is 0. The number of fused-ring (bicyclic) bond motifs is 17. The summed E-state index contributed by atoms with van der Waals surface area (Å²) in [6.07, 6.45) is 5.68. The van der Waals surface area contributed by atoms with Gasteiger partial charge in [-0.05, 0) is 179 Å². The van der Waals surface area contributed by atoms with Gasteiger partial charge in [0, 0.05) is 102 Å². The summed E-state index contributed by atoms with van der Waals surface area (Å²) in [4.78, 5) is 55.7. The Morgan fingerprint density at radius 2 is 0.387 bits per heavy atom. The van der Waals surface area contributed by atoms with Gasteiger partial charge in [-0.25, -0.2) is 39.9 Å². The van der Waals surface area contributed by atoms with Gasteiger partial charge in [0.1, 0.15) is 0 Å². The van der Waals surface area contributed by atoms with Crippen LogP contribution in [0.3, 0.4) is 0 Å². The molecule has 0 unspecified atom stereocenters. The smallest absolute Gasteiger partial charge is 0.164 e. The normalized spacial score (nSPS) is 11.5. The molecule has 28 rings (SSSR count). The second-order valence-corrected chi connectivity index (χ2v) is 35.8. The van der Waals surface area contributed by atoms with Crippen LogP contribution in [0.1, 0.15) is 0 Å². The van der Waals surface area contributed by atoms with Crippen LogP contribution in [0.5, 0.6) is 0 Å². The van der Waals surface area contributed by atoms with Crippen LogP contribution in [0, 0.1) is 0 Å². The van der Waals surface area contributed by atoms with Gasteiger partial charge in [0.15, 0.2) is 40.8 Å². The Morgan fingerprint density at radius 1 is 0.127 bits per heavy atom. The van der Waals surface area contributed by atoms with Crippen LogP contribution in [0.4, 0.5) is 0 Å². The molecule has 0 aliphatic heterocycles. The Kier molecular flexibility index (Phi) is 21.0. The highest BCUT2D eigenvalue weighted by Gasteiger charge is 2.24. The minimum Gasteiger partial charge on any atom is -0.256 e. The molecule has 0 aliphatic carbocycles. The zero-order valence-electron chi connectivity index (χ0n) is 76.7. The van der Waals surface area contributed by atoms with E-state index in [4.69, 9.17) is 49.8 Å². The Labute approximate surface area is 817 Å². The first-order chi connectivity index (χ1) is 70.4. The van der Waals surface area contributed by atoms with Crippen LogP contribution < -0.4 is 0 Å². The Balaban J connectivity index is 0.000000110. The van der Waals surface area contributed by atoms with Gasteiger partial charge in [-0.2, -0.15) is 0 Å². The molecule has 11 heteroatoms. The van der Waals surface area contributed by atoms with Crippen molar-refractivity contribution in [3.8, 4) is 136 Å².